The molecule has 0 aliphatic heterocycles. The van der Waals surface area contributed by atoms with Gasteiger partial charge in [-0.3, -0.25) is 0 Å². The van der Waals surface area contributed by atoms with Crippen LogP contribution in [-0.4, -0.2) is 12.8 Å². The van der Waals surface area contributed by atoms with Crippen LogP contribution < -0.4 is 0 Å². The smallest absolute Gasteiger partial charge is 0.435 e. The summed E-state index contributed by atoms with van der Waals surface area (Å²) in [6.45, 7) is 1.96. The third-order valence-electron chi connectivity index (χ3n) is 2.95. The lowest BCUT2D eigenvalue weighted by atomic mass is 10.0. The summed E-state index contributed by atoms with van der Waals surface area (Å²) >= 11 is 0. The molecule has 0 amide bonds. The van der Waals surface area contributed by atoms with Crippen molar-refractivity contribution in [2.24, 2.45) is 0 Å². The minimum Gasteiger partial charge on any atom is -0.435 e. The van der Waals surface area contributed by atoms with E-state index in [9.17, 15) is 4.79 Å². The second-order valence-electron chi connectivity index (χ2n) is 4.34. The first-order valence-corrected chi connectivity index (χ1v) is 6.69. The van der Waals surface area contributed by atoms with Crippen LogP contribution in [0.4, 0.5) is 4.79 Å². The van der Waals surface area contributed by atoms with Crippen molar-refractivity contribution in [2.75, 3.05) is 6.61 Å². The van der Waals surface area contributed by atoms with Gasteiger partial charge >= 0.3 is 6.16 Å². The van der Waals surface area contributed by atoms with Crippen LogP contribution in [0.3, 0.4) is 0 Å². The maximum atomic E-state index is 11.3. The van der Waals surface area contributed by atoms with Crippen molar-refractivity contribution < 1.29 is 14.3 Å². The predicted octanol–water partition coefficient (Wildman–Crippen LogP) is 4.20. The molecule has 2 aromatic rings. The molecule has 2 rings (SSSR count). The van der Waals surface area contributed by atoms with E-state index in [1.807, 2.05) is 54.6 Å². The molecule has 0 saturated heterocycles. The van der Waals surface area contributed by atoms with Gasteiger partial charge in [0.05, 0.1) is 6.61 Å². The van der Waals surface area contributed by atoms with Gasteiger partial charge in [0, 0.05) is 5.56 Å². The summed E-state index contributed by atoms with van der Waals surface area (Å²) in [5.74, 6) is 2.44. The third kappa shape index (κ3) is 3.87. The molecule has 0 saturated carbocycles. The molecule has 2 aromatic carbocycles. The molecule has 1 unspecified atom stereocenters. The number of carbonyl (C=O) groups excluding carboxylic acids is 1. The molecule has 0 aliphatic rings. The van der Waals surface area contributed by atoms with Crippen molar-refractivity contribution in [1.82, 2.24) is 0 Å². The van der Waals surface area contributed by atoms with E-state index in [-0.39, 0.29) is 6.61 Å². The van der Waals surface area contributed by atoms with Gasteiger partial charge in [0.2, 0.25) is 0 Å². The zero-order valence-corrected chi connectivity index (χ0v) is 11.8. The Morgan fingerprint density at radius 2 is 1.71 bits per heavy atom. The minimum atomic E-state index is -0.757. The summed E-state index contributed by atoms with van der Waals surface area (Å²) in [6, 6.07) is 17.6. The first-order chi connectivity index (χ1) is 10.2. The van der Waals surface area contributed by atoms with Gasteiger partial charge in [-0.05, 0) is 18.1 Å². The summed E-state index contributed by atoms with van der Waals surface area (Å²) in [5.41, 5.74) is 2.93. The average Bonchev–Trinajstić information content (AvgIpc) is 2.54. The van der Waals surface area contributed by atoms with Crippen LogP contribution in [0.25, 0.3) is 11.1 Å². The Morgan fingerprint density at radius 1 is 1.10 bits per heavy atom. The van der Waals surface area contributed by atoms with Crippen LogP contribution >= 0.6 is 0 Å². The normalized spacial score (nSPS) is 11.2. The number of terminal acetylenes is 1. The van der Waals surface area contributed by atoms with E-state index in [0.29, 0.717) is 0 Å². The standard InChI is InChI=1S/C18H16O3/c1-3-17(21-18(19)20-4-2)16-12-10-15(11-13-16)14-8-6-5-7-9-14/h1,5-13,17H,4H2,2H3. The topological polar surface area (TPSA) is 35.5 Å². The van der Waals surface area contributed by atoms with E-state index >= 15 is 0 Å². The Labute approximate surface area is 124 Å². The molecule has 3 nitrogen and oxygen atoms in total. The Hall–Kier alpha value is -2.73. The van der Waals surface area contributed by atoms with Crippen LogP contribution in [-0.2, 0) is 9.47 Å². The fourth-order valence-corrected chi connectivity index (χ4v) is 1.93. The summed E-state index contributed by atoms with van der Waals surface area (Å²) < 4.78 is 9.81. The third-order valence-corrected chi connectivity index (χ3v) is 2.95. The van der Waals surface area contributed by atoms with Gasteiger partial charge in [0.25, 0.3) is 0 Å². The van der Waals surface area contributed by atoms with E-state index in [4.69, 9.17) is 15.9 Å². The number of carbonyl (C=O) groups is 1. The van der Waals surface area contributed by atoms with Gasteiger partial charge in [-0.15, -0.1) is 6.42 Å². The Bertz CT molecular complexity index is 624. The van der Waals surface area contributed by atoms with E-state index in [1.54, 1.807) is 6.92 Å². The number of hydrogen-bond donors (Lipinski definition) is 0. The SMILES string of the molecule is C#CC(OC(=O)OCC)c1ccc(-c2ccccc2)cc1. The molecule has 0 aromatic heterocycles. The van der Waals surface area contributed by atoms with Crippen LogP contribution in [0.2, 0.25) is 0 Å². The first-order valence-electron chi connectivity index (χ1n) is 6.69. The van der Waals surface area contributed by atoms with Crippen molar-refractivity contribution >= 4 is 6.16 Å². The van der Waals surface area contributed by atoms with Gasteiger partial charge in [-0.1, -0.05) is 60.5 Å². The first kappa shape index (κ1) is 14.7. The van der Waals surface area contributed by atoms with Crippen molar-refractivity contribution in [3.8, 4) is 23.5 Å². The van der Waals surface area contributed by atoms with E-state index in [1.165, 1.54) is 0 Å². The summed E-state index contributed by atoms with van der Waals surface area (Å²) in [6.07, 6.45) is 3.92. The Balaban J connectivity index is 2.14. The zero-order chi connectivity index (χ0) is 15.1. The molecule has 0 fully saturated rings. The summed E-state index contributed by atoms with van der Waals surface area (Å²) in [4.78, 5) is 11.3. The van der Waals surface area contributed by atoms with E-state index in [2.05, 4.69) is 5.92 Å². The van der Waals surface area contributed by atoms with Crippen LogP contribution in [0, 0.1) is 12.3 Å². The number of hydrogen-bond acceptors (Lipinski definition) is 3. The quantitative estimate of drug-likeness (QED) is 0.622. The second kappa shape index (κ2) is 7.16. The molecule has 0 aliphatic carbocycles. The van der Waals surface area contributed by atoms with Gasteiger partial charge in [-0.2, -0.15) is 0 Å². The lowest BCUT2D eigenvalue weighted by Gasteiger charge is -2.12. The lowest BCUT2D eigenvalue weighted by molar-refractivity contribution is 0.0427. The molecular weight excluding hydrogens is 264 g/mol. The highest BCUT2D eigenvalue weighted by molar-refractivity contribution is 5.64. The number of benzene rings is 2. The molecule has 0 bridgehead atoms. The largest absolute Gasteiger partial charge is 0.509 e. The highest BCUT2D eigenvalue weighted by Crippen LogP contribution is 2.23. The molecule has 106 valence electrons. The predicted molar refractivity (Wildman–Crippen MR) is 81.6 cm³/mol. The van der Waals surface area contributed by atoms with Gasteiger partial charge in [-0.25, -0.2) is 4.79 Å². The molecular formula is C18H16O3. The zero-order valence-electron chi connectivity index (χ0n) is 11.8. The number of ether oxygens (including phenoxy) is 2. The molecule has 0 spiro atoms. The van der Waals surface area contributed by atoms with Crippen LogP contribution in [0.1, 0.15) is 18.6 Å². The van der Waals surface area contributed by atoms with E-state index < -0.39 is 12.3 Å². The Kier molecular flexibility index (Phi) is 5.00. The summed E-state index contributed by atoms with van der Waals surface area (Å²) in [5, 5.41) is 0. The molecule has 0 N–H and O–H groups in total. The molecule has 1 atom stereocenters. The van der Waals surface area contributed by atoms with Gasteiger partial charge in [0.15, 0.2) is 6.10 Å². The van der Waals surface area contributed by atoms with Crippen LogP contribution in [0.15, 0.2) is 54.6 Å². The molecule has 3 heteroatoms. The second-order valence-corrected chi connectivity index (χ2v) is 4.34. The highest BCUT2D eigenvalue weighted by atomic mass is 16.7. The highest BCUT2D eigenvalue weighted by Gasteiger charge is 2.14. The maximum Gasteiger partial charge on any atom is 0.509 e. The summed E-state index contributed by atoms with van der Waals surface area (Å²) in [7, 11) is 0. The van der Waals surface area contributed by atoms with Gasteiger partial charge in [0.1, 0.15) is 0 Å². The fourth-order valence-electron chi connectivity index (χ4n) is 1.93. The Morgan fingerprint density at radius 3 is 2.29 bits per heavy atom. The van der Waals surface area contributed by atoms with Crippen molar-refractivity contribution in [3.63, 3.8) is 0 Å². The fraction of sp³-hybridized carbons (Fsp3) is 0.167. The van der Waals surface area contributed by atoms with Crippen molar-refractivity contribution in [3.05, 3.63) is 60.2 Å². The maximum absolute atomic E-state index is 11.3. The monoisotopic (exact) mass is 280 g/mol. The molecule has 21 heavy (non-hydrogen) atoms. The number of rotatable bonds is 4. The molecule has 0 heterocycles. The lowest BCUT2D eigenvalue weighted by Crippen LogP contribution is -2.11. The minimum absolute atomic E-state index is 0.253. The molecule has 0 radical (unpaired) electrons. The van der Waals surface area contributed by atoms with Crippen molar-refractivity contribution in [2.45, 2.75) is 13.0 Å². The van der Waals surface area contributed by atoms with Crippen LogP contribution in [0.5, 0.6) is 0 Å². The average molecular weight is 280 g/mol. The van der Waals surface area contributed by atoms with Gasteiger partial charge < -0.3 is 9.47 Å². The van der Waals surface area contributed by atoms with E-state index in [0.717, 1.165) is 16.7 Å². The van der Waals surface area contributed by atoms with Crippen molar-refractivity contribution in [1.29, 1.82) is 0 Å².